The van der Waals surface area contributed by atoms with Crippen molar-refractivity contribution in [3.63, 3.8) is 0 Å². The molecule has 2 heteroatoms. The molecule has 72 valence electrons. The predicted octanol–water partition coefficient (Wildman–Crippen LogP) is 3.02. The Morgan fingerprint density at radius 2 is 1.31 bits per heavy atom. The third-order valence-corrected chi connectivity index (χ3v) is 5.60. The van der Waals surface area contributed by atoms with Crippen LogP contribution in [0.4, 0.5) is 0 Å². The van der Waals surface area contributed by atoms with Crippen molar-refractivity contribution in [1.29, 1.82) is 0 Å². The van der Waals surface area contributed by atoms with E-state index in [0.717, 1.165) is 0 Å². The first-order valence-corrected chi connectivity index (χ1v) is 14.8. The Morgan fingerprint density at radius 1 is 0.923 bits per heavy atom. The van der Waals surface area contributed by atoms with Gasteiger partial charge in [-0.2, -0.15) is 0 Å². The normalized spacial score (nSPS) is 9.77. The van der Waals surface area contributed by atoms with Crippen LogP contribution >= 0.6 is 0 Å². The first-order chi connectivity index (χ1) is 6.04. The van der Waals surface area contributed by atoms with Crippen LogP contribution in [0.2, 0.25) is 29.5 Å². The first-order valence-electron chi connectivity index (χ1n) is 4.66. The van der Waals surface area contributed by atoms with Crippen molar-refractivity contribution in [3.05, 3.63) is 30.3 Å². The van der Waals surface area contributed by atoms with Gasteiger partial charge >= 0.3 is 63.6 Å². The summed E-state index contributed by atoms with van der Waals surface area (Å²) >= 11 is -1.02. The van der Waals surface area contributed by atoms with Crippen LogP contribution in [0.3, 0.4) is 0 Å². The van der Waals surface area contributed by atoms with E-state index in [-0.39, 0.29) is 8.80 Å². The molecule has 1 aromatic carbocycles. The van der Waals surface area contributed by atoms with Crippen LogP contribution in [0, 0.1) is 0 Å². The summed E-state index contributed by atoms with van der Waals surface area (Å²) in [6.07, 6.45) is 0. The molecule has 0 N–H and O–H groups in total. The number of hydrogen-bond donors (Lipinski definition) is 0. The van der Waals surface area contributed by atoms with Crippen LogP contribution in [0.5, 0.6) is 0 Å². The number of hydrogen-bond acceptors (Lipinski definition) is 0. The van der Waals surface area contributed by atoms with Gasteiger partial charge in [-0.1, -0.05) is 19.6 Å². The van der Waals surface area contributed by atoms with E-state index >= 15 is 0 Å². The molecule has 0 saturated heterocycles. The standard InChI is InChI=1S/C6H5.C3H9Si.2CH3.Sn/c1-2-4-6-5-3-1;1-4(2)3;;;/h1-5H;1-3H3;2*1H3;. The molecular formula is C11H20SiSn. The van der Waals surface area contributed by atoms with Gasteiger partial charge in [-0.05, 0) is 0 Å². The maximum atomic E-state index is 2.40. The average Bonchev–Trinajstić information content (AvgIpc) is 2.05. The van der Waals surface area contributed by atoms with Crippen molar-refractivity contribution in [2.45, 2.75) is 29.5 Å². The third-order valence-electron chi connectivity index (χ3n) is 1.35. The second kappa shape index (κ2) is 7.62. The zero-order chi connectivity index (χ0) is 10.3. The summed E-state index contributed by atoms with van der Waals surface area (Å²) in [7, 11) is 0.120. The summed E-state index contributed by atoms with van der Waals surface area (Å²) in [5.41, 5.74) is 0. The van der Waals surface area contributed by atoms with Crippen LogP contribution in [-0.4, -0.2) is 28.6 Å². The summed E-state index contributed by atoms with van der Waals surface area (Å²) < 4.78 is 1.61. The van der Waals surface area contributed by atoms with E-state index in [1.165, 1.54) is 0 Å². The molecule has 0 atom stereocenters. The van der Waals surface area contributed by atoms with Gasteiger partial charge < -0.3 is 0 Å². The van der Waals surface area contributed by atoms with Gasteiger partial charge in [0.1, 0.15) is 0 Å². The Morgan fingerprint density at radius 3 is 1.54 bits per heavy atom. The monoisotopic (exact) mass is 300 g/mol. The van der Waals surface area contributed by atoms with E-state index in [9.17, 15) is 0 Å². The van der Waals surface area contributed by atoms with E-state index in [1.54, 1.807) is 3.58 Å². The maximum absolute atomic E-state index is 2.40. The Balaban J connectivity index is 0.000000310. The van der Waals surface area contributed by atoms with Crippen LogP contribution in [0.15, 0.2) is 30.3 Å². The van der Waals surface area contributed by atoms with Crippen LogP contribution < -0.4 is 3.58 Å². The molecule has 1 aromatic rings. The molecule has 0 nitrogen and oxygen atoms in total. The van der Waals surface area contributed by atoms with E-state index in [2.05, 4.69) is 59.9 Å². The Bertz CT molecular complexity index is 204. The summed E-state index contributed by atoms with van der Waals surface area (Å²) in [6, 6.07) is 10.8. The van der Waals surface area contributed by atoms with Gasteiger partial charge in [0.15, 0.2) is 0 Å². The van der Waals surface area contributed by atoms with Gasteiger partial charge in [0, 0.05) is 8.80 Å². The van der Waals surface area contributed by atoms with Gasteiger partial charge in [0.05, 0.1) is 0 Å². The van der Waals surface area contributed by atoms with Gasteiger partial charge in [0.25, 0.3) is 0 Å². The fraction of sp³-hybridized carbons (Fsp3) is 0.455. The Kier molecular flexibility index (Phi) is 7.76. The van der Waals surface area contributed by atoms with Gasteiger partial charge in [-0.3, -0.25) is 0 Å². The molecule has 0 aliphatic carbocycles. The molecule has 0 fully saturated rings. The molecule has 0 amide bonds. The molecule has 0 heterocycles. The van der Waals surface area contributed by atoms with Gasteiger partial charge in [0.2, 0.25) is 0 Å². The van der Waals surface area contributed by atoms with Crippen molar-refractivity contribution in [1.82, 2.24) is 0 Å². The van der Waals surface area contributed by atoms with Crippen LogP contribution in [-0.2, 0) is 0 Å². The fourth-order valence-electron chi connectivity index (χ4n) is 0.771. The van der Waals surface area contributed by atoms with E-state index in [1.807, 2.05) is 0 Å². The van der Waals surface area contributed by atoms with Crippen molar-refractivity contribution in [3.8, 4) is 0 Å². The summed E-state index contributed by atoms with van der Waals surface area (Å²) in [5.74, 6) is 0. The van der Waals surface area contributed by atoms with Crippen LogP contribution in [0.1, 0.15) is 0 Å². The quantitative estimate of drug-likeness (QED) is 0.699. The van der Waals surface area contributed by atoms with E-state index in [4.69, 9.17) is 0 Å². The zero-order valence-corrected chi connectivity index (χ0v) is 13.2. The first kappa shape index (κ1) is 13.2. The molecule has 0 spiro atoms. The SMILES string of the molecule is C[Si](C)C.[CH3][Sn]([CH3])[c]1ccccc1. The molecule has 0 aliphatic heterocycles. The molecule has 0 unspecified atom stereocenters. The predicted molar refractivity (Wildman–Crippen MR) is 66.9 cm³/mol. The molecule has 2 radical (unpaired) electrons. The van der Waals surface area contributed by atoms with Gasteiger partial charge in [-0.25, -0.2) is 0 Å². The third kappa shape index (κ3) is 8.56. The van der Waals surface area contributed by atoms with Crippen molar-refractivity contribution in [2.75, 3.05) is 0 Å². The fourth-order valence-corrected chi connectivity index (χ4v) is 3.22. The summed E-state index contributed by atoms with van der Waals surface area (Å²) in [5, 5.41) is 0. The molecule has 1 rings (SSSR count). The Hall–Kier alpha value is 0.236. The van der Waals surface area contributed by atoms with Crippen LogP contribution in [0.25, 0.3) is 0 Å². The number of rotatable bonds is 1. The molecule has 0 saturated carbocycles. The Labute approximate surface area is 91.7 Å². The zero-order valence-electron chi connectivity index (χ0n) is 9.39. The van der Waals surface area contributed by atoms with E-state index in [0.29, 0.717) is 0 Å². The minimum atomic E-state index is -1.02. The van der Waals surface area contributed by atoms with Crippen molar-refractivity contribution in [2.24, 2.45) is 0 Å². The summed E-state index contributed by atoms with van der Waals surface area (Å²) in [6.45, 7) is 6.81. The molecule has 0 aromatic heterocycles. The molecular weight excluding hydrogens is 279 g/mol. The number of benzene rings is 1. The van der Waals surface area contributed by atoms with Gasteiger partial charge in [-0.15, -0.1) is 0 Å². The second-order valence-corrected chi connectivity index (χ2v) is 14.2. The second-order valence-electron chi connectivity index (χ2n) is 3.87. The average molecular weight is 299 g/mol. The van der Waals surface area contributed by atoms with Crippen molar-refractivity contribution < 1.29 is 0 Å². The topological polar surface area (TPSA) is 0 Å². The van der Waals surface area contributed by atoms with E-state index < -0.39 is 19.8 Å². The minimum absolute atomic E-state index is 0.120. The van der Waals surface area contributed by atoms with Crippen molar-refractivity contribution >= 4 is 32.1 Å². The molecule has 13 heavy (non-hydrogen) atoms. The molecule has 0 bridgehead atoms. The summed E-state index contributed by atoms with van der Waals surface area (Å²) in [4.78, 5) is 4.80. The molecule has 0 aliphatic rings.